The summed E-state index contributed by atoms with van der Waals surface area (Å²) in [6, 6.07) is 0. The third kappa shape index (κ3) is 2.21. The minimum absolute atomic E-state index is 0.0190. The lowest BCUT2D eigenvalue weighted by atomic mass is 10.1. The first-order valence-corrected chi connectivity index (χ1v) is 5.25. The summed E-state index contributed by atoms with van der Waals surface area (Å²) in [5, 5.41) is 0. The van der Waals surface area contributed by atoms with E-state index in [-0.39, 0.29) is 11.9 Å². The molecule has 2 fully saturated rings. The molecule has 2 aliphatic rings. The van der Waals surface area contributed by atoms with Gasteiger partial charge in [0.05, 0.1) is 12.5 Å². The van der Waals surface area contributed by atoms with Crippen LogP contribution < -0.4 is 0 Å². The zero-order valence-electron chi connectivity index (χ0n) is 8.00. The summed E-state index contributed by atoms with van der Waals surface area (Å²) in [6.45, 7) is 3.91. The number of esters is 1. The van der Waals surface area contributed by atoms with Gasteiger partial charge in [0.1, 0.15) is 0 Å². The topological polar surface area (TPSA) is 29.5 Å². The van der Waals surface area contributed by atoms with Crippen molar-refractivity contribution in [1.82, 2.24) is 4.90 Å². The van der Waals surface area contributed by atoms with Crippen LogP contribution in [-0.2, 0) is 9.53 Å². The highest BCUT2D eigenvalue weighted by atomic mass is 16.5. The molecule has 74 valence electrons. The minimum atomic E-state index is 0.0190. The fourth-order valence-corrected chi connectivity index (χ4v) is 2.16. The molecule has 0 N–H and O–H groups in total. The van der Waals surface area contributed by atoms with Crippen molar-refractivity contribution in [2.45, 2.75) is 25.7 Å². The van der Waals surface area contributed by atoms with E-state index in [2.05, 4.69) is 4.90 Å². The van der Waals surface area contributed by atoms with Crippen LogP contribution in [0.3, 0.4) is 0 Å². The van der Waals surface area contributed by atoms with Crippen molar-refractivity contribution in [2.75, 3.05) is 26.2 Å². The summed E-state index contributed by atoms with van der Waals surface area (Å²) in [6.07, 6.45) is 4.87. The van der Waals surface area contributed by atoms with Gasteiger partial charge in [0, 0.05) is 6.54 Å². The first-order valence-electron chi connectivity index (χ1n) is 5.25. The van der Waals surface area contributed by atoms with Crippen molar-refractivity contribution in [1.29, 1.82) is 0 Å². The van der Waals surface area contributed by atoms with Gasteiger partial charge >= 0.3 is 5.97 Å². The Morgan fingerprint density at radius 2 is 2.08 bits per heavy atom. The molecule has 0 saturated carbocycles. The summed E-state index contributed by atoms with van der Waals surface area (Å²) < 4.78 is 4.94. The van der Waals surface area contributed by atoms with Gasteiger partial charge in [0.15, 0.2) is 0 Å². The van der Waals surface area contributed by atoms with E-state index < -0.39 is 0 Å². The summed E-state index contributed by atoms with van der Waals surface area (Å²) in [5.74, 6) is 0.184. The smallest absolute Gasteiger partial charge is 0.310 e. The highest BCUT2D eigenvalue weighted by molar-refractivity contribution is 5.74. The number of piperidine rings is 1. The van der Waals surface area contributed by atoms with Gasteiger partial charge in [0.2, 0.25) is 0 Å². The number of hydrogen-bond donors (Lipinski definition) is 0. The van der Waals surface area contributed by atoms with Crippen LogP contribution in [0.1, 0.15) is 25.7 Å². The monoisotopic (exact) mass is 183 g/mol. The largest absolute Gasteiger partial charge is 0.465 e. The van der Waals surface area contributed by atoms with Crippen LogP contribution in [0.5, 0.6) is 0 Å². The number of carbonyl (C=O) groups excluding carboxylic acids is 1. The Kier molecular flexibility index (Phi) is 2.83. The van der Waals surface area contributed by atoms with Crippen molar-refractivity contribution in [3.63, 3.8) is 0 Å². The molecule has 0 aromatic heterocycles. The molecule has 0 aromatic carbocycles. The number of nitrogens with zero attached hydrogens (tertiary/aromatic N) is 1. The molecule has 2 heterocycles. The zero-order chi connectivity index (χ0) is 9.10. The van der Waals surface area contributed by atoms with Crippen LogP contribution in [0, 0.1) is 5.92 Å². The van der Waals surface area contributed by atoms with Crippen LogP contribution in [0.25, 0.3) is 0 Å². The lowest BCUT2D eigenvalue weighted by Gasteiger charge is -2.27. The molecule has 1 atom stereocenters. The normalized spacial score (nSPS) is 30.5. The SMILES string of the molecule is O=C1OCCC1CN1CCCCC1. The Hall–Kier alpha value is -0.570. The second kappa shape index (κ2) is 4.09. The number of likely N-dealkylation sites (tertiary alicyclic amines) is 1. The number of carbonyl (C=O) groups is 1. The Bertz CT molecular complexity index is 187. The molecule has 0 amide bonds. The second-order valence-corrected chi connectivity index (χ2v) is 4.01. The molecule has 1 unspecified atom stereocenters. The maximum Gasteiger partial charge on any atom is 0.310 e. The number of hydrogen-bond acceptors (Lipinski definition) is 3. The molecule has 0 bridgehead atoms. The number of cyclic esters (lactones) is 1. The average Bonchev–Trinajstić information content (AvgIpc) is 2.54. The number of ether oxygens (including phenoxy) is 1. The number of rotatable bonds is 2. The van der Waals surface area contributed by atoms with Crippen molar-refractivity contribution >= 4 is 5.97 Å². The Balaban J connectivity index is 1.79. The first-order chi connectivity index (χ1) is 6.36. The third-order valence-electron chi connectivity index (χ3n) is 2.97. The van der Waals surface area contributed by atoms with Crippen LogP contribution in [-0.4, -0.2) is 37.1 Å². The molecular weight excluding hydrogens is 166 g/mol. The predicted molar refractivity (Wildman–Crippen MR) is 49.4 cm³/mol. The van der Waals surface area contributed by atoms with E-state index in [9.17, 15) is 4.79 Å². The van der Waals surface area contributed by atoms with E-state index >= 15 is 0 Å². The van der Waals surface area contributed by atoms with E-state index in [4.69, 9.17) is 4.74 Å². The quantitative estimate of drug-likeness (QED) is 0.599. The van der Waals surface area contributed by atoms with E-state index in [1.165, 1.54) is 32.4 Å². The van der Waals surface area contributed by atoms with Crippen molar-refractivity contribution in [3.8, 4) is 0 Å². The van der Waals surface area contributed by atoms with Crippen molar-refractivity contribution < 1.29 is 9.53 Å². The van der Waals surface area contributed by atoms with Gasteiger partial charge in [-0.3, -0.25) is 4.79 Å². The summed E-state index contributed by atoms with van der Waals surface area (Å²) in [5.41, 5.74) is 0. The Morgan fingerprint density at radius 1 is 1.31 bits per heavy atom. The van der Waals surface area contributed by atoms with E-state index in [0.29, 0.717) is 6.61 Å². The highest BCUT2D eigenvalue weighted by Gasteiger charge is 2.28. The lowest BCUT2D eigenvalue weighted by Crippen LogP contribution is -2.35. The highest BCUT2D eigenvalue weighted by Crippen LogP contribution is 2.18. The standard InChI is InChI=1S/C10H17NO2/c12-10-9(4-7-13-10)8-11-5-2-1-3-6-11/h9H,1-8H2. The van der Waals surface area contributed by atoms with Gasteiger partial charge in [0.25, 0.3) is 0 Å². The van der Waals surface area contributed by atoms with E-state index in [1.807, 2.05) is 0 Å². The van der Waals surface area contributed by atoms with Crippen molar-refractivity contribution in [2.24, 2.45) is 5.92 Å². The third-order valence-corrected chi connectivity index (χ3v) is 2.97. The molecule has 0 aromatic rings. The Labute approximate surface area is 79.0 Å². The van der Waals surface area contributed by atoms with Crippen LogP contribution in [0.15, 0.2) is 0 Å². The van der Waals surface area contributed by atoms with Crippen LogP contribution >= 0.6 is 0 Å². The van der Waals surface area contributed by atoms with Gasteiger partial charge in [-0.05, 0) is 32.4 Å². The molecule has 2 rings (SSSR count). The van der Waals surface area contributed by atoms with Crippen LogP contribution in [0.2, 0.25) is 0 Å². The molecular formula is C10H17NO2. The van der Waals surface area contributed by atoms with E-state index in [1.54, 1.807) is 0 Å². The van der Waals surface area contributed by atoms with Gasteiger partial charge in [-0.1, -0.05) is 6.42 Å². The predicted octanol–water partition coefficient (Wildman–Crippen LogP) is 1.04. The van der Waals surface area contributed by atoms with Gasteiger partial charge in [-0.2, -0.15) is 0 Å². The molecule has 2 saturated heterocycles. The lowest BCUT2D eigenvalue weighted by molar-refractivity contribution is -0.141. The van der Waals surface area contributed by atoms with Crippen LogP contribution in [0.4, 0.5) is 0 Å². The van der Waals surface area contributed by atoms with Crippen molar-refractivity contribution in [3.05, 3.63) is 0 Å². The molecule has 3 nitrogen and oxygen atoms in total. The second-order valence-electron chi connectivity index (χ2n) is 4.01. The molecule has 0 aliphatic carbocycles. The summed E-state index contributed by atoms with van der Waals surface area (Å²) in [4.78, 5) is 13.6. The molecule has 2 aliphatic heterocycles. The maximum absolute atomic E-state index is 11.2. The van der Waals surface area contributed by atoms with E-state index in [0.717, 1.165) is 13.0 Å². The Morgan fingerprint density at radius 3 is 2.69 bits per heavy atom. The maximum atomic E-state index is 11.2. The zero-order valence-corrected chi connectivity index (χ0v) is 8.00. The average molecular weight is 183 g/mol. The van der Waals surface area contributed by atoms with Gasteiger partial charge < -0.3 is 9.64 Å². The summed E-state index contributed by atoms with van der Waals surface area (Å²) in [7, 11) is 0. The molecule has 0 spiro atoms. The fourth-order valence-electron chi connectivity index (χ4n) is 2.16. The summed E-state index contributed by atoms with van der Waals surface area (Å²) >= 11 is 0. The van der Waals surface area contributed by atoms with Gasteiger partial charge in [-0.25, -0.2) is 0 Å². The molecule has 13 heavy (non-hydrogen) atoms. The minimum Gasteiger partial charge on any atom is -0.465 e. The molecule has 3 heteroatoms. The van der Waals surface area contributed by atoms with Gasteiger partial charge in [-0.15, -0.1) is 0 Å². The first kappa shape index (κ1) is 9.00. The molecule has 0 radical (unpaired) electrons. The fraction of sp³-hybridized carbons (Fsp3) is 0.900.